The van der Waals surface area contributed by atoms with E-state index in [2.05, 4.69) is 25.0 Å². The van der Waals surface area contributed by atoms with Gasteiger partial charge in [0.25, 0.3) is 0 Å². The Labute approximate surface area is 171 Å². The van der Waals surface area contributed by atoms with Crippen molar-refractivity contribution in [3.05, 3.63) is 83.2 Å². The first-order chi connectivity index (χ1) is 14.7. The second-order valence-corrected chi connectivity index (χ2v) is 6.88. The fourth-order valence-electron chi connectivity index (χ4n) is 3.30. The van der Waals surface area contributed by atoms with Crippen molar-refractivity contribution < 1.29 is 4.74 Å². The average Bonchev–Trinajstić information content (AvgIpc) is 3.36. The lowest BCUT2D eigenvalue weighted by atomic mass is 10.1. The number of aromatic nitrogens is 6. The number of fused-ring (bicyclic) bond motifs is 1. The van der Waals surface area contributed by atoms with E-state index in [0.717, 1.165) is 39.5 Å². The van der Waals surface area contributed by atoms with Crippen molar-refractivity contribution in [2.45, 2.75) is 6.61 Å². The monoisotopic (exact) mass is 398 g/mol. The second kappa shape index (κ2) is 7.32. The van der Waals surface area contributed by atoms with Gasteiger partial charge in [-0.3, -0.25) is 9.48 Å². The van der Waals surface area contributed by atoms with E-state index in [1.165, 1.54) is 6.07 Å². The van der Waals surface area contributed by atoms with Crippen LogP contribution in [-0.2, 0) is 13.7 Å². The summed E-state index contributed by atoms with van der Waals surface area (Å²) in [5.74, 6) is 1.49. The van der Waals surface area contributed by atoms with Crippen LogP contribution in [0.15, 0.2) is 71.9 Å². The summed E-state index contributed by atoms with van der Waals surface area (Å²) in [5.41, 5.74) is 5.00. The van der Waals surface area contributed by atoms with Gasteiger partial charge in [0.2, 0.25) is 5.56 Å². The topological polar surface area (TPSA) is 101 Å². The number of nitrogens with one attached hydrogen (secondary N) is 2. The summed E-state index contributed by atoms with van der Waals surface area (Å²) in [4.78, 5) is 26.1. The molecular formula is C22H18N6O2. The van der Waals surface area contributed by atoms with Gasteiger partial charge in [0, 0.05) is 48.4 Å². The lowest BCUT2D eigenvalue weighted by Crippen LogP contribution is -2.02. The van der Waals surface area contributed by atoms with Gasteiger partial charge in [0.05, 0.1) is 5.52 Å². The number of pyridine rings is 2. The molecule has 148 valence electrons. The van der Waals surface area contributed by atoms with E-state index < -0.39 is 0 Å². The van der Waals surface area contributed by atoms with Crippen LogP contribution in [0.4, 0.5) is 0 Å². The summed E-state index contributed by atoms with van der Waals surface area (Å²) < 4.78 is 7.68. The number of imidazole rings is 1. The molecule has 0 saturated carbocycles. The Morgan fingerprint density at radius 2 is 1.90 bits per heavy atom. The molecule has 0 aliphatic rings. The van der Waals surface area contributed by atoms with Crippen molar-refractivity contribution in [3.8, 4) is 28.3 Å². The zero-order valence-corrected chi connectivity index (χ0v) is 16.2. The third kappa shape index (κ3) is 3.46. The number of rotatable bonds is 5. The molecule has 0 unspecified atom stereocenters. The van der Waals surface area contributed by atoms with Crippen LogP contribution in [0.25, 0.3) is 33.7 Å². The van der Waals surface area contributed by atoms with Crippen molar-refractivity contribution >= 4 is 11.2 Å². The van der Waals surface area contributed by atoms with Crippen LogP contribution < -0.4 is 10.3 Å². The van der Waals surface area contributed by atoms with Crippen LogP contribution >= 0.6 is 0 Å². The maximum atomic E-state index is 11.3. The lowest BCUT2D eigenvalue weighted by Gasteiger charge is -2.07. The zero-order chi connectivity index (χ0) is 20.5. The van der Waals surface area contributed by atoms with Crippen LogP contribution in [0, 0.1) is 0 Å². The largest absolute Gasteiger partial charge is 0.487 e. The third-order valence-electron chi connectivity index (χ3n) is 4.76. The number of nitrogens with zero attached hydrogens (tertiary/aromatic N) is 4. The molecule has 8 heteroatoms. The van der Waals surface area contributed by atoms with E-state index in [1.54, 1.807) is 23.1 Å². The van der Waals surface area contributed by atoms with Gasteiger partial charge in [-0.2, -0.15) is 5.10 Å². The summed E-state index contributed by atoms with van der Waals surface area (Å²) in [5, 5.41) is 4.49. The highest BCUT2D eigenvalue weighted by atomic mass is 16.5. The molecule has 8 nitrogen and oxygen atoms in total. The standard InChI is InChI=1S/C22H18N6O2/c1-28-12-17(15-6-9-20(29)24-11-15)19(27-28)13-30-16-7-4-14(5-8-16)21-25-18-3-2-10-23-22(18)26-21/h2-12H,13H2,1H3,(H,24,29)(H,23,25,26). The molecule has 4 aromatic heterocycles. The average molecular weight is 398 g/mol. The first kappa shape index (κ1) is 17.9. The molecule has 0 atom stereocenters. The summed E-state index contributed by atoms with van der Waals surface area (Å²) in [7, 11) is 1.86. The Balaban J connectivity index is 1.34. The fourth-order valence-corrected chi connectivity index (χ4v) is 3.30. The van der Waals surface area contributed by atoms with E-state index in [9.17, 15) is 4.79 Å². The molecule has 0 fully saturated rings. The predicted octanol–water partition coefficient (Wildman–Crippen LogP) is 3.29. The van der Waals surface area contributed by atoms with Gasteiger partial charge < -0.3 is 14.7 Å². The van der Waals surface area contributed by atoms with E-state index in [4.69, 9.17) is 4.74 Å². The minimum Gasteiger partial charge on any atom is -0.487 e. The summed E-state index contributed by atoms with van der Waals surface area (Å²) >= 11 is 0. The Hall–Kier alpha value is -4.20. The van der Waals surface area contributed by atoms with Gasteiger partial charge >= 0.3 is 0 Å². The number of ether oxygens (including phenoxy) is 1. The molecule has 0 amide bonds. The Morgan fingerprint density at radius 1 is 1.07 bits per heavy atom. The van der Waals surface area contributed by atoms with Crippen LogP contribution in [0.1, 0.15) is 5.69 Å². The molecule has 5 aromatic rings. The number of benzene rings is 1. The van der Waals surface area contributed by atoms with E-state index >= 15 is 0 Å². The molecule has 0 spiro atoms. The zero-order valence-electron chi connectivity index (χ0n) is 16.2. The van der Waals surface area contributed by atoms with Crippen molar-refractivity contribution in [2.75, 3.05) is 0 Å². The highest BCUT2D eigenvalue weighted by molar-refractivity contribution is 5.75. The lowest BCUT2D eigenvalue weighted by molar-refractivity contribution is 0.300. The molecule has 1 aromatic carbocycles. The van der Waals surface area contributed by atoms with Gasteiger partial charge in [-0.05, 0) is 42.5 Å². The maximum Gasteiger partial charge on any atom is 0.247 e. The predicted molar refractivity (Wildman–Crippen MR) is 113 cm³/mol. The SMILES string of the molecule is Cn1cc(-c2ccc(=O)[nH]c2)c(COc2ccc(-c3nc4ncccc4[nH]3)cc2)n1. The minimum absolute atomic E-state index is 0.138. The van der Waals surface area contributed by atoms with Gasteiger partial charge in [-0.1, -0.05) is 0 Å². The van der Waals surface area contributed by atoms with Gasteiger partial charge in [-0.15, -0.1) is 0 Å². The van der Waals surface area contributed by atoms with E-state index in [0.29, 0.717) is 12.3 Å². The summed E-state index contributed by atoms with van der Waals surface area (Å²) in [6, 6.07) is 14.8. The molecule has 5 rings (SSSR count). The van der Waals surface area contributed by atoms with E-state index in [1.807, 2.05) is 49.6 Å². The molecule has 0 radical (unpaired) electrons. The summed E-state index contributed by atoms with van der Waals surface area (Å²) in [6.07, 6.45) is 5.31. The van der Waals surface area contributed by atoms with Gasteiger partial charge in [0.1, 0.15) is 23.9 Å². The second-order valence-electron chi connectivity index (χ2n) is 6.88. The molecule has 2 N–H and O–H groups in total. The van der Waals surface area contributed by atoms with Crippen molar-refractivity contribution in [1.29, 1.82) is 0 Å². The first-order valence-electron chi connectivity index (χ1n) is 9.41. The first-order valence-corrected chi connectivity index (χ1v) is 9.41. The molecule has 4 heterocycles. The normalized spacial score (nSPS) is 11.1. The molecule has 0 aliphatic carbocycles. The number of hydrogen-bond acceptors (Lipinski definition) is 5. The minimum atomic E-state index is -0.138. The fraction of sp³-hybridized carbons (Fsp3) is 0.0909. The number of hydrogen-bond donors (Lipinski definition) is 2. The number of aromatic amines is 2. The smallest absolute Gasteiger partial charge is 0.247 e. The Morgan fingerprint density at radius 3 is 2.67 bits per heavy atom. The van der Waals surface area contributed by atoms with Crippen molar-refractivity contribution in [2.24, 2.45) is 7.05 Å². The van der Waals surface area contributed by atoms with E-state index in [-0.39, 0.29) is 5.56 Å². The highest BCUT2D eigenvalue weighted by Crippen LogP contribution is 2.25. The number of aryl methyl sites for hydroxylation is 1. The molecule has 0 bridgehead atoms. The van der Waals surface area contributed by atoms with Gasteiger partial charge in [-0.25, -0.2) is 9.97 Å². The van der Waals surface area contributed by atoms with Crippen LogP contribution in [0.5, 0.6) is 5.75 Å². The van der Waals surface area contributed by atoms with Crippen LogP contribution in [0.3, 0.4) is 0 Å². The number of H-pyrrole nitrogens is 2. The quantitative estimate of drug-likeness (QED) is 0.473. The molecular weight excluding hydrogens is 380 g/mol. The molecule has 0 aliphatic heterocycles. The van der Waals surface area contributed by atoms with Crippen LogP contribution in [0.2, 0.25) is 0 Å². The van der Waals surface area contributed by atoms with Crippen molar-refractivity contribution in [1.82, 2.24) is 29.7 Å². The summed E-state index contributed by atoms with van der Waals surface area (Å²) in [6.45, 7) is 0.309. The maximum absolute atomic E-state index is 11.3. The van der Waals surface area contributed by atoms with Crippen LogP contribution in [-0.4, -0.2) is 29.7 Å². The molecule has 0 saturated heterocycles. The molecule has 30 heavy (non-hydrogen) atoms. The van der Waals surface area contributed by atoms with Gasteiger partial charge in [0.15, 0.2) is 5.65 Å². The highest BCUT2D eigenvalue weighted by Gasteiger charge is 2.12. The third-order valence-corrected chi connectivity index (χ3v) is 4.76. The van der Waals surface area contributed by atoms with Crippen molar-refractivity contribution in [3.63, 3.8) is 0 Å². The Bertz CT molecular complexity index is 1330. The Kier molecular flexibility index (Phi) is 4.36.